The zero-order chi connectivity index (χ0) is 13.9. The van der Waals surface area contributed by atoms with Crippen LogP contribution in [0.15, 0.2) is 0 Å². The van der Waals surface area contributed by atoms with Gasteiger partial charge in [-0.25, -0.2) is 0 Å². The molecule has 0 aromatic rings. The highest BCUT2D eigenvalue weighted by atomic mass is 16.4. The van der Waals surface area contributed by atoms with Gasteiger partial charge < -0.3 is 5.11 Å². The van der Waals surface area contributed by atoms with Crippen molar-refractivity contribution in [3.8, 4) is 0 Å². The van der Waals surface area contributed by atoms with Crippen molar-refractivity contribution in [1.29, 1.82) is 0 Å². The van der Waals surface area contributed by atoms with E-state index in [0.717, 1.165) is 44.4 Å². The van der Waals surface area contributed by atoms with E-state index < -0.39 is 11.4 Å². The van der Waals surface area contributed by atoms with Gasteiger partial charge in [0.15, 0.2) is 0 Å². The molecule has 3 unspecified atom stereocenters. The van der Waals surface area contributed by atoms with Gasteiger partial charge in [-0.05, 0) is 43.4 Å². The van der Waals surface area contributed by atoms with Crippen molar-refractivity contribution < 1.29 is 9.90 Å². The quantitative estimate of drug-likeness (QED) is 0.774. The van der Waals surface area contributed by atoms with Crippen LogP contribution in [0.4, 0.5) is 0 Å². The fraction of sp³-hybridized carbons (Fsp3) is 0.941. The van der Waals surface area contributed by atoms with Crippen LogP contribution in [0, 0.1) is 23.2 Å². The molecule has 0 aromatic carbocycles. The van der Waals surface area contributed by atoms with Crippen molar-refractivity contribution in [2.24, 2.45) is 23.2 Å². The Kier molecular flexibility index (Phi) is 4.92. The fourth-order valence-electron chi connectivity index (χ4n) is 4.38. The van der Waals surface area contributed by atoms with Gasteiger partial charge in [-0.15, -0.1) is 0 Å². The van der Waals surface area contributed by atoms with Crippen molar-refractivity contribution in [1.82, 2.24) is 0 Å². The first kappa shape index (κ1) is 14.9. The molecule has 2 rings (SSSR count). The zero-order valence-electron chi connectivity index (χ0n) is 12.7. The van der Waals surface area contributed by atoms with E-state index in [0.29, 0.717) is 11.8 Å². The number of carboxylic acids is 1. The molecule has 3 atom stereocenters. The van der Waals surface area contributed by atoms with Gasteiger partial charge in [-0.2, -0.15) is 0 Å². The zero-order valence-corrected chi connectivity index (χ0v) is 12.7. The molecule has 2 aliphatic rings. The second-order valence-electron chi connectivity index (χ2n) is 7.19. The molecule has 2 aliphatic carbocycles. The Morgan fingerprint density at radius 2 is 1.53 bits per heavy atom. The van der Waals surface area contributed by atoms with E-state index in [-0.39, 0.29) is 0 Å². The number of hydrogen-bond acceptors (Lipinski definition) is 1. The van der Waals surface area contributed by atoms with Crippen molar-refractivity contribution in [2.45, 2.75) is 78.1 Å². The van der Waals surface area contributed by atoms with Gasteiger partial charge in [-0.1, -0.05) is 52.4 Å². The Morgan fingerprint density at radius 3 is 2.05 bits per heavy atom. The van der Waals surface area contributed by atoms with E-state index in [2.05, 4.69) is 13.8 Å². The van der Waals surface area contributed by atoms with Crippen molar-refractivity contribution in [3.05, 3.63) is 0 Å². The largest absolute Gasteiger partial charge is 0.481 e. The average molecular weight is 266 g/mol. The minimum Gasteiger partial charge on any atom is -0.481 e. The maximum absolute atomic E-state index is 12.0. The van der Waals surface area contributed by atoms with Crippen molar-refractivity contribution in [2.75, 3.05) is 0 Å². The van der Waals surface area contributed by atoms with Crippen molar-refractivity contribution >= 4 is 5.97 Å². The molecule has 19 heavy (non-hydrogen) atoms. The maximum Gasteiger partial charge on any atom is 0.309 e. The smallest absolute Gasteiger partial charge is 0.309 e. The summed E-state index contributed by atoms with van der Waals surface area (Å²) in [7, 11) is 0. The lowest BCUT2D eigenvalue weighted by Crippen LogP contribution is -2.42. The molecule has 0 heterocycles. The Bertz CT molecular complexity index is 302. The highest BCUT2D eigenvalue weighted by Gasteiger charge is 2.46. The molecular weight excluding hydrogens is 236 g/mol. The van der Waals surface area contributed by atoms with E-state index in [1.807, 2.05) is 0 Å². The molecule has 0 bridgehead atoms. The molecule has 0 radical (unpaired) electrons. The molecule has 0 aromatic heterocycles. The lowest BCUT2D eigenvalue weighted by Gasteiger charge is -2.44. The summed E-state index contributed by atoms with van der Waals surface area (Å²) in [5, 5.41) is 9.91. The van der Waals surface area contributed by atoms with Crippen LogP contribution < -0.4 is 0 Å². The van der Waals surface area contributed by atoms with E-state index >= 15 is 0 Å². The Balaban J connectivity index is 2.15. The highest BCUT2D eigenvalue weighted by Crippen LogP contribution is 2.49. The first-order valence-electron chi connectivity index (χ1n) is 8.29. The summed E-state index contributed by atoms with van der Waals surface area (Å²) in [6.45, 7) is 4.64. The lowest BCUT2D eigenvalue weighted by molar-refractivity contribution is -0.156. The lowest BCUT2D eigenvalue weighted by atomic mass is 9.60. The van der Waals surface area contributed by atoms with Crippen LogP contribution in [0.2, 0.25) is 0 Å². The van der Waals surface area contributed by atoms with Gasteiger partial charge in [-0.3, -0.25) is 4.79 Å². The Labute approximate surface area is 118 Å². The fourth-order valence-corrected chi connectivity index (χ4v) is 4.38. The molecule has 0 saturated heterocycles. The Morgan fingerprint density at radius 1 is 0.947 bits per heavy atom. The summed E-state index contributed by atoms with van der Waals surface area (Å²) >= 11 is 0. The monoisotopic (exact) mass is 266 g/mol. The predicted octanol–water partition coefficient (Wildman–Crippen LogP) is 4.87. The topological polar surface area (TPSA) is 37.3 Å². The van der Waals surface area contributed by atoms with Gasteiger partial charge in [0.1, 0.15) is 0 Å². The third kappa shape index (κ3) is 3.14. The molecule has 1 N–H and O–H groups in total. The molecule has 2 saturated carbocycles. The summed E-state index contributed by atoms with van der Waals surface area (Å²) in [6, 6.07) is 0. The number of rotatable bonds is 2. The molecule has 2 nitrogen and oxygen atoms in total. The maximum atomic E-state index is 12.0. The van der Waals surface area contributed by atoms with E-state index in [1.165, 1.54) is 25.7 Å². The van der Waals surface area contributed by atoms with Crippen LogP contribution >= 0.6 is 0 Å². The van der Waals surface area contributed by atoms with Gasteiger partial charge >= 0.3 is 5.97 Å². The van der Waals surface area contributed by atoms with Gasteiger partial charge in [0.2, 0.25) is 0 Å². The van der Waals surface area contributed by atoms with Gasteiger partial charge in [0, 0.05) is 0 Å². The molecule has 110 valence electrons. The molecule has 0 amide bonds. The van der Waals surface area contributed by atoms with Gasteiger partial charge in [0.25, 0.3) is 0 Å². The van der Waals surface area contributed by atoms with Crippen molar-refractivity contribution in [3.63, 3.8) is 0 Å². The number of carboxylic acid groups (broad SMARTS) is 1. The Hall–Kier alpha value is -0.530. The summed E-state index contributed by atoms with van der Waals surface area (Å²) in [4.78, 5) is 12.0. The second-order valence-corrected chi connectivity index (χ2v) is 7.19. The normalized spacial score (nSPS) is 36.2. The standard InChI is InChI=1S/C17H30O2/c1-13-8-9-15(12-14(13)2)17(16(18)19)10-6-4-3-5-7-11-17/h13-15H,3-12H2,1-2H3,(H,18,19). The summed E-state index contributed by atoms with van der Waals surface area (Å²) in [5.41, 5.74) is -0.394. The minimum absolute atomic E-state index is 0.394. The second kappa shape index (κ2) is 6.28. The van der Waals surface area contributed by atoms with E-state index in [4.69, 9.17) is 0 Å². The highest BCUT2D eigenvalue weighted by molar-refractivity contribution is 5.75. The van der Waals surface area contributed by atoms with Crippen LogP contribution in [-0.4, -0.2) is 11.1 Å². The number of hydrogen-bond donors (Lipinski definition) is 1. The van der Waals surface area contributed by atoms with Crippen LogP contribution in [-0.2, 0) is 4.79 Å². The van der Waals surface area contributed by atoms with Crippen LogP contribution in [0.3, 0.4) is 0 Å². The van der Waals surface area contributed by atoms with E-state index in [9.17, 15) is 9.90 Å². The molecule has 0 aliphatic heterocycles. The van der Waals surface area contributed by atoms with Crippen LogP contribution in [0.25, 0.3) is 0 Å². The summed E-state index contributed by atoms with van der Waals surface area (Å²) in [5.74, 6) is 1.39. The van der Waals surface area contributed by atoms with Crippen LogP contribution in [0.5, 0.6) is 0 Å². The first-order chi connectivity index (χ1) is 9.06. The first-order valence-corrected chi connectivity index (χ1v) is 8.29. The third-order valence-corrected chi connectivity index (χ3v) is 6.05. The SMILES string of the molecule is CC1CCC(C2(C(=O)O)CCCCCCC2)CC1C. The van der Waals surface area contributed by atoms with E-state index in [1.54, 1.807) is 0 Å². The molecule has 0 spiro atoms. The number of carbonyl (C=O) groups is 1. The predicted molar refractivity (Wildman–Crippen MR) is 78.1 cm³/mol. The average Bonchev–Trinajstić information content (AvgIpc) is 2.33. The third-order valence-electron chi connectivity index (χ3n) is 6.05. The summed E-state index contributed by atoms with van der Waals surface area (Å²) < 4.78 is 0. The molecule has 2 heteroatoms. The number of aliphatic carboxylic acids is 1. The van der Waals surface area contributed by atoms with Crippen LogP contribution in [0.1, 0.15) is 78.1 Å². The van der Waals surface area contributed by atoms with Gasteiger partial charge in [0.05, 0.1) is 5.41 Å². The molecular formula is C17H30O2. The summed E-state index contributed by atoms with van der Waals surface area (Å²) in [6.07, 6.45) is 11.3. The molecule has 2 fully saturated rings. The minimum atomic E-state index is -0.499.